The number of benzene rings is 2. The summed E-state index contributed by atoms with van der Waals surface area (Å²) in [7, 11) is -2.27. The van der Waals surface area contributed by atoms with Gasteiger partial charge in [-0.3, -0.25) is 4.79 Å². The van der Waals surface area contributed by atoms with Gasteiger partial charge in [-0.05, 0) is 54.5 Å². The molecular formula is C24H29FN2O4S. The van der Waals surface area contributed by atoms with Crippen molar-refractivity contribution in [1.82, 2.24) is 9.62 Å². The van der Waals surface area contributed by atoms with Crippen molar-refractivity contribution in [3.63, 3.8) is 0 Å². The van der Waals surface area contributed by atoms with Gasteiger partial charge in [0, 0.05) is 25.6 Å². The number of carbonyl (C=O) groups excluding carboxylic acids is 1. The van der Waals surface area contributed by atoms with Gasteiger partial charge in [-0.1, -0.05) is 42.8 Å². The van der Waals surface area contributed by atoms with Crippen molar-refractivity contribution < 1.29 is 22.3 Å². The van der Waals surface area contributed by atoms with E-state index < -0.39 is 16.0 Å². The zero-order valence-electron chi connectivity index (χ0n) is 18.2. The van der Waals surface area contributed by atoms with E-state index in [0.29, 0.717) is 19.4 Å². The number of rotatable bonds is 8. The number of halogens is 1. The lowest BCUT2D eigenvalue weighted by molar-refractivity contribution is -0.139. The van der Waals surface area contributed by atoms with Crippen molar-refractivity contribution in [2.24, 2.45) is 5.92 Å². The normalized spacial score (nSPS) is 21.5. The van der Waals surface area contributed by atoms with Crippen LogP contribution in [0.3, 0.4) is 0 Å². The molecule has 0 bridgehead atoms. The van der Waals surface area contributed by atoms with E-state index in [1.54, 1.807) is 6.07 Å². The average Bonchev–Trinajstić information content (AvgIpc) is 3.08. The van der Waals surface area contributed by atoms with Crippen molar-refractivity contribution >= 4 is 15.9 Å². The maximum atomic E-state index is 13.7. The maximum Gasteiger partial charge on any atom is 0.236 e. The summed E-state index contributed by atoms with van der Waals surface area (Å²) in [6.45, 7) is 0.532. The Morgan fingerprint density at radius 3 is 2.50 bits per heavy atom. The minimum atomic E-state index is -3.61. The van der Waals surface area contributed by atoms with Gasteiger partial charge in [0.25, 0.3) is 0 Å². The van der Waals surface area contributed by atoms with Crippen LogP contribution in [0.25, 0.3) is 11.1 Å². The highest BCUT2D eigenvalue weighted by Crippen LogP contribution is 2.33. The zero-order valence-corrected chi connectivity index (χ0v) is 19.0. The third-order valence-corrected chi connectivity index (χ3v) is 7.62. The van der Waals surface area contributed by atoms with Gasteiger partial charge in [0.15, 0.2) is 5.94 Å². The van der Waals surface area contributed by atoms with Gasteiger partial charge in [-0.2, -0.15) is 0 Å². The number of hydrogen-bond donors (Lipinski definition) is 1. The highest BCUT2D eigenvalue weighted by atomic mass is 32.2. The Kier molecular flexibility index (Phi) is 6.93. The lowest BCUT2D eigenvalue weighted by atomic mass is 9.84. The molecule has 0 unspecified atom stereocenters. The van der Waals surface area contributed by atoms with Crippen LogP contribution in [0, 0.1) is 11.7 Å². The molecule has 2 aromatic carbocycles. The second kappa shape index (κ2) is 9.68. The number of nitrogens with zero attached hydrogens (tertiary/aromatic N) is 1. The molecule has 32 heavy (non-hydrogen) atoms. The first-order valence-corrected chi connectivity index (χ1v) is 12.7. The number of carbonyl (C=O) groups is 1. The summed E-state index contributed by atoms with van der Waals surface area (Å²) >= 11 is 0. The van der Waals surface area contributed by atoms with Gasteiger partial charge in [0.1, 0.15) is 5.82 Å². The van der Waals surface area contributed by atoms with Crippen molar-refractivity contribution in [1.29, 1.82) is 0 Å². The van der Waals surface area contributed by atoms with Gasteiger partial charge >= 0.3 is 0 Å². The summed E-state index contributed by atoms with van der Waals surface area (Å²) in [5.41, 5.74) is 2.63. The predicted molar refractivity (Wildman–Crippen MR) is 121 cm³/mol. The van der Waals surface area contributed by atoms with E-state index in [-0.39, 0.29) is 29.7 Å². The first kappa shape index (κ1) is 22.9. The fraction of sp³-hybridized carbons (Fsp3) is 0.458. The molecule has 0 aromatic heterocycles. The van der Waals surface area contributed by atoms with E-state index in [4.69, 9.17) is 4.74 Å². The van der Waals surface area contributed by atoms with Gasteiger partial charge in [-0.15, -0.1) is 0 Å². The van der Waals surface area contributed by atoms with E-state index in [9.17, 15) is 17.6 Å². The molecule has 1 saturated carbocycles. The molecule has 2 aromatic rings. The van der Waals surface area contributed by atoms with Crippen LogP contribution in [0.4, 0.5) is 4.39 Å². The largest absolute Gasteiger partial charge is 0.367 e. The zero-order chi connectivity index (χ0) is 22.7. The number of likely N-dealkylation sites (tertiary alicyclic amines) is 1. The van der Waals surface area contributed by atoms with Crippen molar-refractivity contribution in [3.8, 4) is 11.1 Å². The number of nitrogens with one attached hydrogen (secondary N) is 1. The monoisotopic (exact) mass is 460 g/mol. The van der Waals surface area contributed by atoms with Gasteiger partial charge in [0.2, 0.25) is 15.9 Å². The highest BCUT2D eigenvalue weighted by molar-refractivity contribution is 7.89. The molecule has 1 aliphatic carbocycles. The fourth-order valence-electron chi connectivity index (χ4n) is 4.61. The Balaban J connectivity index is 1.59. The summed E-state index contributed by atoms with van der Waals surface area (Å²) in [6, 6.07) is 13.5. The first-order chi connectivity index (χ1) is 15.4. The minimum Gasteiger partial charge on any atom is -0.367 e. The molecule has 6 nitrogen and oxygen atoms in total. The molecule has 2 aliphatic rings. The molecule has 1 aliphatic heterocycles. The second-order valence-corrected chi connectivity index (χ2v) is 10.4. The lowest BCUT2D eigenvalue weighted by Gasteiger charge is -2.34. The predicted octanol–water partition coefficient (Wildman–Crippen LogP) is 3.33. The van der Waals surface area contributed by atoms with Crippen LogP contribution in [0.1, 0.15) is 31.2 Å². The molecule has 4 rings (SSSR count). The Hall–Kier alpha value is -2.29. The molecule has 172 valence electrons. The fourth-order valence-corrected chi connectivity index (χ4v) is 5.73. The molecule has 1 N–H and O–H groups in total. The SMILES string of the molecule is COCS(=O)(=O)N[C@H]1CCN(C(=O)C2CCC2)[C@H]1Cc1cccc(-c2cccc(F)c2)c1. The summed E-state index contributed by atoms with van der Waals surface area (Å²) < 4.78 is 46.0. The van der Waals surface area contributed by atoms with Gasteiger partial charge in [0.05, 0.1) is 6.04 Å². The van der Waals surface area contributed by atoms with E-state index in [0.717, 1.165) is 36.0 Å². The van der Waals surface area contributed by atoms with Crippen LogP contribution in [-0.4, -0.2) is 50.9 Å². The number of amides is 1. The molecule has 8 heteroatoms. The van der Waals surface area contributed by atoms with Gasteiger partial charge in [-0.25, -0.2) is 17.5 Å². The third kappa shape index (κ3) is 5.19. The maximum absolute atomic E-state index is 13.7. The van der Waals surface area contributed by atoms with Crippen LogP contribution in [0.2, 0.25) is 0 Å². The summed E-state index contributed by atoms with van der Waals surface area (Å²) in [5.74, 6) is -0.544. The van der Waals surface area contributed by atoms with E-state index in [1.165, 1.54) is 19.2 Å². The average molecular weight is 461 g/mol. The van der Waals surface area contributed by atoms with Crippen molar-refractivity contribution in [3.05, 3.63) is 59.9 Å². The Morgan fingerprint density at radius 2 is 1.84 bits per heavy atom. The van der Waals surface area contributed by atoms with Crippen LogP contribution >= 0.6 is 0 Å². The van der Waals surface area contributed by atoms with Crippen LogP contribution < -0.4 is 4.72 Å². The Labute approximate surface area is 188 Å². The third-order valence-electron chi connectivity index (χ3n) is 6.42. The Morgan fingerprint density at radius 1 is 1.12 bits per heavy atom. The molecule has 1 heterocycles. The van der Waals surface area contributed by atoms with Crippen LogP contribution in [-0.2, 0) is 26.0 Å². The molecular weight excluding hydrogens is 431 g/mol. The second-order valence-electron chi connectivity index (χ2n) is 8.68. The van der Waals surface area contributed by atoms with E-state index >= 15 is 0 Å². The minimum absolute atomic E-state index is 0.0467. The smallest absolute Gasteiger partial charge is 0.236 e. The Bertz CT molecular complexity index is 1070. The van der Waals surface area contributed by atoms with Crippen LogP contribution in [0.5, 0.6) is 0 Å². The molecule has 0 radical (unpaired) electrons. The standard InChI is InChI=1S/C24H29FN2O4S/c1-31-16-32(29,30)26-22-11-12-27(24(28)18-6-3-7-18)23(22)14-17-5-2-8-19(13-17)20-9-4-10-21(25)15-20/h2,4-5,8-10,13,15,18,22-23,26H,3,6-7,11-12,14,16H2,1H3/t22-,23-/m0/s1. The molecule has 2 fully saturated rings. The molecule has 1 saturated heterocycles. The topological polar surface area (TPSA) is 75.7 Å². The highest BCUT2D eigenvalue weighted by Gasteiger charge is 2.42. The molecule has 2 atom stereocenters. The van der Waals surface area contributed by atoms with Crippen molar-refractivity contribution in [2.45, 2.75) is 44.2 Å². The summed E-state index contributed by atoms with van der Waals surface area (Å²) in [5, 5.41) is 0. The first-order valence-electron chi connectivity index (χ1n) is 11.0. The van der Waals surface area contributed by atoms with E-state index in [1.807, 2.05) is 35.2 Å². The van der Waals surface area contributed by atoms with Crippen LogP contribution in [0.15, 0.2) is 48.5 Å². The van der Waals surface area contributed by atoms with Gasteiger partial charge < -0.3 is 9.64 Å². The molecule has 0 spiro atoms. The quantitative estimate of drug-likeness (QED) is 0.656. The lowest BCUT2D eigenvalue weighted by Crippen LogP contribution is -2.50. The number of methoxy groups -OCH3 is 1. The molecule has 1 amide bonds. The summed E-state index contributed by atoms with van der Waals surface area (Å²) in [4.78, 5) is 14.9. The van der Waals surface area contributed by atoms with E-state index in [2.05, 4.69) is 4.72 Å². The summed E-state index contributed by atoms with van der Waals surface area (Å²) in [6.07, 6.45) is 3.94. The number of sulfonamides is 1. The number of ether oxygens (including phenoxy) is 1. The van der Waals surface area contributed by atoms with Crippen molar-refractivity contribution in [2.75, 3.05) is 19.6 Å². The number of hydrogen-bond acceptors (Lipinski definition) is 4.